The average molecular weight is 565 g/mol. The Hall–Kier alpha value is -3.91. The second-order valence-electron chi connectivity index (χ2n) is 7.27. The molecule has 0 saturated carbocycles. The number of ether oxygens (including phenoxy) is 2. The van der Waals surface area contributed by atoms with Crippen LogP contribution >= 0.6 is 0 Å². The number of carbonyl (C=O) groups is 1. The van der Waals surface area contributed by atoms with E-state index in [9.17, 15) is 21.6 Å². The van der Waals surface area contributed by atoms with Gasteiger partial charge in [0.2, 0.25) is 15.9 Å². The summed E-state index contributed by atoms with van der Waals surface area (Å²) in [5, 5.41) is 5.85. The zero-order valence-electron chi connectivity index (χ0n) is 21.9. The topological polar surface area (TPSA) is 143 Å². The van der Waals surface area contributed by atoms with E-state index in [-0.39, 0.29) is 22.8 Å². The molecular formula is C25H32N4O7S2. The largest absolute Gasteiger partial charge is 0.495 e. The van der Waals surface area contributed by atoms with Gasteiger partial charge in [0.25, 0.3) is 10.0 Å². The average Bonchev–Trinajstić information content (AvgIpc) is 2.93. The minimum Gasteiger partial charge on any atom is -0.495 e. The van der Waals surface area contributed by atoms with Gasteiger partial charge in [0, 0.05) is 25.6 Å². The van der Waals surface area contributed by atoms with Crippen LogP contribution in [-0.2, 0) is 24.8 Å². The minimum absolute atomic E-state index is 0.0186. The van der Waals surface area contributed by atoms with Gasteiger partial charge in [0.1, 0.15) is 11.5 Å². The van der Waals surface area contributed by atoms with E-state index in [1.807, 2.05) is 0 Å². The van der Waals surface area contributed by atoms with Crippen LogP contribution in [0.4, 0.5) is 11.4 Å². The number of hydrogen-bond donors (Lipinski definition) is 3. The highest BCUT2D eigenvalue weighted by Gasteiger charge is 2.25. The fourth-order valence-electron chi connectivity index (χ4n) is 2.89. The molecule has 0 fully saturated rings. The number of methoxy groups -OCH3 is 2. The summed E-state index contributed by atoms with van der Waals surface area (Å²) in [6.07, 6.45) is 10.4. The summed E-state index contributed by atoms with van der Waals surface area (Å²) in [5.74, 6) is 5.12. The molecule has 0 bridgehead atoms. The van der Waals surface area contributed by atoms with E-state index >= 15 is 0 Å². The van der Waals surface area contributed by atoms with Crippen molar-refractivity contribution in [1.29, 1.82) is 0 Å². The van der Waals surface area contributed by atoms with Crippen molar-refractivity contribution in [2.24, 2.45) is 0 Å². The number of hydrogen-bond acceptors (Lipinski definition) is 9. The van der Waals surface area contributed by atoms with Crippen molar-refractivity contribution in [3.63, 3.8) is 0 Å². The van der Waals surface area contributed by atoms with E-state index in [0.717, 1.165) is 4.31 Å². The molecule has 2 aromatic carbocycles. The molecule has 206 valence electrons. The molecule has 3 N–H and O–H groups in total. The van der Waals surface area contributed by atoms with Gasteiger partial charge >= 0.3 is 0 Å². The highest BCUT2D eigenvalue weighted by Crippen LogP contribution is 2.29. The first-order valence-corrected chi connectivity index (χ1v) is 14.0. The van der Waals surface area contributed by atoms with E-state index in [2.05, 4.69) is 27.2 Å². The van der Waals surface area contributed by atoms with E-state index in [1.54, 1.807) is 19.1 Å². The lowest BCUT2D eigenvalue weighted by Crippen LogP contribution is -2.32. The summed E-state index contributed by atoms with van der Waals surface area (Å²) in [4.78, 5) is 11.7. The van der Waals surface area contributed by atoms with E-state index in [1.165, 1.54) is 52.6 Å². The van der Waals surface area contributed by atoms with Crippen LogP contribution in [0.2, 0.25) is 0 Å². The molecule has 0 aliphatic carbocycles. The first kappa shape index (κ1) is 32.1. The number of rotatable bonds is 11. The van der Waals surface area contributed by atoms with Gasteiger partial charge in [-0.3, -0.25) is 4.79 Å². The molecule has 0 unspecified atom stereocenters. The Morgan fingerprint density at radius 2 is 1.34 bits per heavy atom. The number of carbonyl (C=O) groups excluding carboxylic acids is 1. The molecule has 0 aliphatic rings. The highest BCUT2D eigenvalue weighted by molar-refractivity contribution is 7.89. The molecule has 0 aromatic heterocycles. The summed E-state index contributed by atoms with van der Waals surface area (Å²) in [5.41, 5.74) is 1.24. The van der Waals surface area contributed by atoms with Gasteiger partial charge in [0.15, 0.2) is 0 Å². The zero-order valence-corrected chi connectivity index (χ0v) is 23.5. The van der Waals surface area contributed by atoms with Crippen molar-refractivity contribution in [2.75, 3.05) is 52.0 Å². The Kier molecular flexibility index (Phi) is 12.5. The molecule has 2 rings (SSSR count). The maximum atomic E-state index is 12.3. The number of nitrogens with one attached hydrogen (secondary N) is 3. The van der Waals surface area contributed by atoms with Crippen molar-refractivity contribution in [3.8, 4) is 36.2 Å². The van der Waals surface area contributed by atoms with Gasteiger partial charge in [-0.1, -0.05) is 18.8 Å². The first-order chi connectivity index (χ1) is 17.9. The Morgan fingerprint density at radius 1 is 0.895 bits per heavy atom. The summed E-state index contributed by atoms with van der Waals surface area (Å²) in [6.45, 7) is 2.23. The standard InChI is InChI=1S/C14H18N2O4S.C11H14N2O3S/c1-5-9-15-12-8-7-11(10-13(12)20-4)21(18,19)16(3)14(17)6-2;1-4-7-13-10-6-5-9(8-11(10)16-3)17(14,15)12-2/h1,7-8,10,15H,6,9H2,2-4H3;1,5-6,8,12-13H,7H2,2-3H3. The van der Waals surface area contributed by atoms with Gasteiger partial charge in [-0.2, -0.15) is 0 Å². The molecule has 0 radical (unpaired) electrons. The second-order valence-corrected chi connectivity index (χ2v) is 11.1. The summed E-state index contributed by atoms with van der Waals surface area (Å²) < 4.78 is 61.0. The van der Waals surface area contributed by atoms with Gasteiger partial charge in [0.05, 0.1) is 48.5 Å². The van der Waals surface area contributed by atoms with Crippen LogP contribution in [0.25, 0.3) is 0 Å². The third-order valence-corrected chi connectivity index (χ3v) is 8.19. The van der Waals surface area contributed by atoms with Crippen molar-refractivity contribution >= 4 is 37.3 Å². The Labute approximate surface area is 225 Å². The van der Waals surface area contributed by atoms with Crippen LogP contribution in [-0.4, -0.2) is 68.5 Å². The van der Waals surface area contributed by atoms with Gasteiger partial charge < -0.3 is 20.1 Å². The minimum atomic E-state index is -3.88. The van der Waals surface area contributed by atoms with Crippen LogP contribution in [0.15, 0.2) is 46.2 Å². The predicted octanol–water partition coefficient (Wildman–Crippen LogP) is 1.95. The maximum Gasteiger partial charge on any atom is 0.266 e. The highest BCUT2D eigenvalue weighted by atomic mass is 32.2. The lowest BCUT2D eigenvalue weighted by atomic mass is 10.3. The molecule has 0 saturated heterocycles. The molecule has 11 nitrogen and oxygen atoms in total. The third-order valence-electron chi connectivity index (χ3n) is 5.00. The number of sulfonamides is 2. The fourth-order valence-corrected chi connectivity index (χ4v) is 4.84. The van der Waals surface area contributed by atoms with E-state index in [0.29, 0.717) is 29.4 Å². The van der Waals surface area contributed by atoms with Crippen molar-refractivity contribution in [1.82, 2.24) is 9.03 Å². The maximum absolute atomic E-state index is 12.3. The molecule has 38 heavy (non-hydrogen) atoms. The number of anilines is 2. The van der Waals surface area contributed by atoms with E-state index in [4.69, 9.17) is 22.3 Å². The van der Waals surface area contributed by atoms with Gasteiger partial charge in [-0.05, 0) is 31.3 Å². The van der Waals surface area contributed by atoms with Gasteiger partial charge in [-0.25, -0.2) is 25.9 Å². The Bertz CT molecular complexity index is 1410. The quantitative estimate of drug-likeness (QED) is 0.349. The fraction of sp³-hybridized carbons (Fsp3) is 0.320. The summed E-state index contributed by atoms with van der Waals surface area (Å²) in [6, 6.07) is 8.83. The molecule has 0 spiro atoms. The molecule has 0 atom stereocenters. The number of amides is 1. The van der Waals surface area contributed by atoms with E-state index < -0.39 is 26.0 Å². The smallest absolute Gasteiger partial charge is 0.266 e. The Morgan fingerprint density at radius 3 is 1.74 bits per heavy atom. The normalized spacial score (nSPS) is 10.6. The SMILES string of the molecule is C#CCNc1ccc(S(=O)(=O)N(C)C(=O)CC)cc1OC.C#CCNc1ccc(S(=O)(=O)NC)cc1OC. The van der Waals surface area contributed by atoms with Crippen LogP contribution in [0.5, 0.6) is 11.5 Å². The third kappa shape index (κ3) is 8.31. The van der Waals surface area contributed by atoms with Crippen molar-refractivity contribution < 1.29 is 31.1 Å². The van der Waals surface area contributed by atoms with Gasteiger partial charge in [-0.15, -0.1) is 12.8 Å². The number of nitrogens with zero attached hydrogens (tertiary/aromatic N) is 1. The second kappa shape index (κ2) is 14.7. The summed E-state index contributed by atoms with van der Waals surface area (Å²) >= 11 is 0. The van der Waals surface area contributed by atoms with Crippen molar-refractivity contribution in [3.05, 3.63) is 36.4 Å². The number of terminal acetylenes is 2. The molecule has 1 amide bonds. The predicted molar refractivity (Wildman–Crippen MR) is 147 cm³/mol. The van der Waals surface area contributed by atoms with Crippen LogP contribution < -0.4 is 24.8 Å². The monoisotopic (exact) mass is 564 g/mol. The van der Waals surface area contributed by atoms with Crippen LogP contribution in [0.3, 0.4) is 0 Å². The Balaban J connectivity index is 0.000000389. The van der Waals surface area contributed by atoms with Crippen molar-refractivity contribution in [2.45, 2.75) is 23.1 Å². The molecule has 13 heteroatoms. The molecule has 2 aromatic rings. The molecule has 0 aliphatic heterocycles. The lowest BCUT2D eigenvalue weighted by Gasteiger charge is -2.18. The summed E-state index contributed by atoms with van der Waals surface area (Å²) in [7, 11) is -1.87. The zero-order chi connectivity index (χ0) is 28.9. The lowest BCUT2D eigenvalue weighted by molar-refractivity contribution is -0.125. The molecule has 0 heterocycles. The van der Waals surface area contributed by atoms with Crippen LogP contribution in [0, 0.1) is 24.7 Å². The first-order valence-electron chi connectivity index (χ1n) is 11.1. The molecular weight excluding hydrogens is 532 g/mol. The van der Waals surface area contributed by atoms with Crippen LogP contribution in [0.1, 0.15) is 13.3 Å². The number of benzene rings is 2.